The minimum absolute atomic E-state index is 0.0756. The third-order valence-corrected chi connectivity index (χ3v) is 4.91. The molecule has 2 aliphatic rings. The van der Waals surface area contributed by atoms with Gasteiger partial charge in [0.05, 0.1) is 12.0 Å². The van der Waals surface area contributed by atoms with Crippen molar-refractivity contribution in [3.05, 3.63) is 23.8 Å². The van der Waals surface area contributed by atoms with Gasteiger partial charge in [-0.2, -0.15) is 0 Å². The van der Waals surface area contributed by atoms with E-state index >= 15 is 0 Å². The molecule has 1 N–H and O–H groups in total. The maximum Gasteiger partial charge on any atom is 0.308 e. The third-order valence-electron chi connectivity index (χ3n) is 4.91. The molecule has 0 fully saturated rings. The highest BCUT2D eigenvalue weighted by atomic mass is 16.5. The highest BCUT2D eigenvalue weighted by Crippen LogP contribution is 2.41. The van der Waals surface area contributed by atoms with Crippen LogP contribution >= 0.6 is 0 Å². The van der Waals surface area contributed by atoms with E-state index in [1.807, 2.05) is 19.9 Å². The van der Waals surface area contributed by atoms with E-state index < -0.39 is 6.10 Å². The fraction of sp³-hybridized carbons (Fsp3) is 0.706. The standard InChI is InChI=1S/C17H26O3/c1-5-10(2)17(19)20-15-9-14(18)8-13-7-6-11(3)12(4)16(13)15/h6-8,10-12,14-16,18H,5,9H2,1-4H3/t10-,11+,12-,14+,15-,16?/m0/s1. The van der Waals surface area contributed by atoms with E-state index in [0.717, 1.165) is 12.0 Å². The smallest absolute Gasteiger partial charge is 0.308 e. The fourth-order valence-electron chi connectivity index (χ4n) is 3.13. The Hall–Kier alpha value is -1.09. The van der Waals surface area contributed by atoms with Gasteiger partial charge in [0.15, 0.2) is 0 Å². The minimum atomic E-state index is -0.513. The van der Waals surface area contributed by atoms with Crippen LogP contribution < -0.4 is 0 Å². The molecule has 1 unspecified atom stereocenters. The lowest BCUT2D eigenvalue weighted by Crippen LogP contribution is -2.41. The van der Waals surface area contributed by atoms with Gasteiger partial charge in [0.1, 0.15) is 6.10 Å². The Kier molecular flexibility index (Phi) is 4.69. The van der Waals surface area contributed by atoms with Gasteiger partial charge in [0.25, 0.3) is 0 Å². The average Bonchev–Trinajstić information content (AvgIpc) is 2.41. The summed E-state index contributed by atoms with van der Waals surface area (Å²) in [6, 6.07) is 0. The molecule has 0 bridgehead atoms. The molecule has 112 valence electrons. The van der Waals surface area contributed by atoms with Crippen LogP contribution in [-0.4, -0.2) is 23.3 Å². The number of rotatable bonds is 3. The van der Waals surface area contributed by atoms with Crippen LogP contribution in [0.2, 0.25) is 0 Å². The van der Waals surface area contributed by atoms with Gasteiger partial charge in [-0.3, -0.25) is 4.79 Å². The molecule has 0 radical (unpaired) electrons. The molecule has 3 heteroatoms. The molecule has 0 aromatic rings. The molecule has 0 amide bonds. The summed E-state index contributed by atoms with van der Waals surface area (Å²) in [5.74, 6) is 0.894. The summed E-state index contributed by atoms with van der Waals surface area (Å²) in [5.41, 5.74) is 1.12. The predicted molar refractivity (Wildman–Crippen MR) is 79.0 cm³/mol. The van der Waals surface area contributed by atoms with Gasteiger partial charge in [0.2, 0.25) is 0 Å². The molecule has 0 aromatic carbocycles. The average molecular weight is 278 g/mol. The van der Waals surface area contributed by atoms with Gasteiger partial charge >= 0.3 is 5.97 Å². The minimum Gasteiger partial charge on any atom is -0.461 e. The molecule has 6 atom stereocenters. The van der Waals surface area contributed by atoms with Gasteiger partial charge in [-0.25, -0.2) is 0 Å². The van der Waals surface area contributed by atoms with Crippen LogP contribution in [0.25, 0.3) is 0 Å². The van der Waals surface area contributed by atoms with E-state index in [9.17, 15) is 9.90 Å². The van der Waals surface area contributed by atoms with Crippen molar-refractivity contribution in [2.75, 3.05) is 0 Å². The number of carbonyl (C=O) groups excluding carboxylic acids is 1. The number of hydrogen-bond donors (Lipinski definition) is 1. The van der Waals surface area contributed by atoms with Crippen molar-refractivity contribution in [3.8, 4) is 0 Å². The van der Waals surface area contributed by atoms with E-state index in [-0.39, 0.29) is 23.9 Å². The Labute approximate surface area is 121 Å². The number of allylic oxidation sites excluding steroid dienone is 2. The largest absolute Gasteiger partial charge is 0.461 e. The molecule has 0 aromatic heterocycles. The Morgan fingerprint density at radius 1 is 1.50 bits per heavy atom. The van der Waals surface area contributed by atoms with Crippen molar-refractivity contribution >= 4 is 5.97 Å². The van der Waals surface area contributed by atoms with Gasteiger partial charge in [-0.15, -0.1) is 0 Å². The number of aliphatic hydroxyl groups excluding tert-OH is 1. The molecular weight excluding hydrogens is 252 g/mol. The second-order valence-electron chi connectivity index (χ2n) is 6.36. The zero-order valence-electron chi connectivity index (χ0n) is 12.9. The van der Waals surface area contributed by atoms with Crippen molar-refractivity contribution in [3.63, 3.8) is 0 Å². The van der Waals surface area contributed by atoms with Crippen molar-refractivity contribution in [1.29, 1.82) is 0 Å². The maximum absolute atomic E-state index is 12.1. The molecule has 0 aliphatic heterocycles. The fourth-order valence-corrected chi connectivity index (χ4v) is 3.13. The molecular formula is C17H26O3. The van der Waals surface area contributed by atoms with E-state index in [1.165, 1.54) is 0 Å². The summed E-state index contributed by atoms with van der Waals surface area (Å²) < 4.78 is 5.73. The molecule has 20 heavy (non-hydrogen) atoms. The lowest BCUT2D eigenvalue weighted by molar-refractivity contribution is -0.158. The summed E-state index contributed by atoms with van der Waals surface area (Å²) in [5, 5.41) is 9.98. The number of fused-ring (bicyclic) bond motifs is 1. The molecule has 3 nitrogen and oxygen atoms in total. The summed E-state index contributed by atoms with van der Waals surface area (Å²) in [7, 11) is 0. The summed E-state index contributed by atoms with van der Waals surface area (Å²) in [6.07, 6.45) is 6.77. The number of aliphatic hydroxyl groups is 1. The SMILES string of the molecule is CC[C@H](C)C(=O)O[C@H]1C[C@H](O)C=C2C=C[C@@H](C)[C@H](C)C21. The van der Waals surface area contributed by atoms with Crippen LogP contribution in [0, 0.1) is 23.7 Å². The first kappa shape index (κ1) is 15.3. The topological polar surface area (TPSA) is 46.5 Å². The van der Waals surface area contributed by atoms with Crippen LogP contribution in [0.4, 0.5) is 0 Å². The first-order chi connectivity index (χ1) is 9.43. The van der Waals surface area contributed by atoms with Gasteiger partial charge in [-0.1, -0.05) is 45.9 Å². The zero-order valence-corrected chi connectivity index (χ0v) is 12.9. The van der Waals surface area contributed by atoms with Crippen LogP contribution in [0.3, 0.4) is 0 Å². The number of ether oxygens (including phenoxy) is 1. The highest BCUT2D eigenvalue weighted by Gasteiger charge is 2.40. The highest BCUT2D eigenvalue weighted by molar-refractivity contribution is 5.72. The van der Waals surface area contributed by atoms with Crippen LogP contribution in [0.1, 0.15) is 40.5 Å². The molecule has 0 heterocycles. The maximum atomic E-state index is 12.1. The lowest BCUT2D eigenvalue weighted by atomic mass is 9.69. The van der Waals surface area contributed by atoms with E-state index in [2.05, 4.69) is 26.0 Å². The molecule has 2 aliphatic carbocycles. The van der Waals surface area contributed by atoms with Crippen molar-refractivity contribution in [2.45, 2.75) is 52.7 Å². The summed E-state index contributed by atoms with van der Waals surface area (Å²) in [6.45, 7) is 8.27. The van der Waals surface area contributed by atoms with Crippen LogP contribution in [-0.2, 0) is 9.53 Å². The third kappa shape index (κ3) is 2.98. The summed E-state index contributed by atoms with van der Waals surface area (Å²) >= 11 is 0. The van der Waals surface area contributed by atoms with Crippen molar-refractivity contribution in [2.24, 2.45) is 23.7 Å². The van der Waals surface area contributed by atoms with E-state index in [0.29, 0.717) is 18.3 Å². The van der Waals surface area contributed by atoms with Crippen molar-refractivity contribution in [1.82, 2.24) is 0 Å². The van der Waals surface area contributed by atoms with Gasteiger partial charge < -0.3 is 9.84 Å². The quantitative estimate of drug-likeness (QED) is 0.807. The van der Waals surface area contributed by atoms with Gasteiger partial charge in [-0.05, 0) is 23.8 Å². The molecule has 0 saturated heterocycles. The second-order valence-corrected chi connectivity index (χ2v) is 6.36. The monoisotopic (exact) mass is 278 g/mol. The van der Waals surface area contributed by atoms with Gasteiger partial charge in [0, 0.05) is 12.3 Å². The van der Waals surface area contributed by atoms with Crippen LogP contribution in [0.5, 0.6) is 0 Å². The molecule has 0 saturated carbocycles. The van der Waals surface area contributed by atoms with E-state index in [1.54, 1.807) is 0 Å². The first-order valence-corrected chi connectivity index (χ1v) is 7.72. The Morgan fingerprint density at radius 2 is 2.20 bits per heavy atom. The zero-order chi connectivity index (χ0) is 14.9. The molecule has 0 spiro atoms. The second kappa shape index (κ2) is 6.13. The summed E-state index contributed by atoms with van der Waals surface area (Å²) in [4.78, 5) is 12.1. The number of esters is 1. The number of carbonyl (C=O) groups is 1. The predicted octanol–water partition coefficient (Wildman–Crippen LogP) is 3.09. The van der Waals surface area contributed by atoms with E-state index in [4.69, 9.17) is 4.74 Å². The Bertz CT molecular complexity index is 424. The van der Waals surface area contributed by atoms with Crippen molar-refractivity contribution < 1.29 is 14.6 Å². The first-order valence-electron chi connectivity index (χ1n) is 7.72. The molecule has 2 rings (SSSR count). The lowest BCUT2D eigenvalue weighted by Gasteiger charge is -2.41. The number of hydrogen-bond acceptors (Lipinski definition) is 3. The Morgan fingerprint density at radius 3 is 2.85 bits per heavy atom. The Balaban J connectivity index is 2.19. The van der Waals surface area contributed by atoms with Crippen LogP contribution in [0.15, 0.2) is 23.8 Å². The normalized spacial score (nSPS) is 37.9.